The summed E-state index contributed by atoms with van der Waals surface area (Å²) in [5.41, 5.74) is 1.47. The Morgan fingerprint density at radius 1 is 1.08 bits per heavy atom. The molecule has 2 rings (SSSR count). The highest BCUT2D eigenvalue weighted by atomic mass is 16.5. The van der Waals surface area contributed by atoms with Crippen LogP contribution in [0.3, 0.4) is 0 Å². The zero-order chi connectivity index (χ0) is 17.4. The van der Waals surface area contributed by atoms with Gasteiger partial charge in [0, 0.05) is 19.6 Å². The molecule has 0 radical (unpaired) electrons. The van der Waals surface area contributed by atoms with Crippen LogP contribution in [0.15, 0.2) is 36.4 Å². The normalized spacial score (nSPS) is 10.3. The van der Waals surface area contributed by atoms with Crippen LogP contribution in [0.2, 0.25) is 0 Å². The zero-order valence-electron chi connectivity index (χ0n) is 14.5. The van der Waals surface area contributed by atoms with E-state index in [2.05, 4.69) is 34.3 Å². The lowest BCUT2D eigenvalue weighted by Gasteiger charge is -2.18. The van der Waals surface area contributed by atoms with Crippen LogP contribution in [-0.2, 0) is 6.42 Å². The summed E-state index contributed by atoms with van der Waals surface area (Å²) >= 11 is 0. The Labute approximate surface area is 142 Å². The first-order valence-corrected chi connectivity index (χ1v) is 8.17. The van der Waals surface area contributed by atoms with Crippen molar-refractivity contribution < 1.29 is 9.53 Å². The first kappa shape index (κ1) is 17.7. The van der Waals surface area contributed by atoms with Gasteiger partial charge in [0.2, 0.25) is 0 Å². The molecule has 0 atom stereocenters. The third-order valence-electron chi connectivity index (χ3n) is 3.83. The van der Waals surface area contributed by atoms with Crippen LogP contribution < -0.4 is 15.0 Å². The minimum Gasteiger partial charge on any atom is -0.497 e. The molecular weight excluding hydrogens is 304 g/mol. The maximum atomic E-state index is 12.1. The summed E-state index contributed by atoms with van der Waals surface area (Å²) in [7, 11) is 1.64. The van der Waals surface area contributed by atoms with Gasteiger partial charge >= 0.3 is 0 Å². The number of amides is 1. The lowest BCUT2D eigenvalue weighted by Crippen LogP contribution is -2.28. The van der Waals surface area contributed by atoms with Gasteiger partial charge < -0.3 is 15.0 Å². The molecule has 0 saturated carbocycles. The van der Waals surface area contributed by atoms with Crippen molar-refractivity contribution >= 4 is 11.7 Å². The molecule has 128 valence electrons. The van der Waals surface area contributed by atoms with E-state index in [1.54, 1.807) is 13.2 Å². The number of anilines is 1. The van der Waals surface area contributed by atoms with E-state index in [1.807, 2.05) is 30.3 Å². The summed E-state index contributed by atoms with van der Waals surface area (Å²) in [6.45, 7) is 6.39. The van der Waals surface area contributed by atoms with Gasteiger partial charge in [-0.05, 0) is 50.1 Å². The van der Waals surface area contributed by atoms with Gasteiger partial charge in [-0.3, -0.25) is 4.79 Å². The van der Waals surface area contributed by atoms with Gasteiger partial charge in [-0.1, -0.05) is 12.1 Å². The van der Waals surface area contributed by atoms with E-state index in [4.69, 9.17) is 4.74 Å². The van der Waals surface area contributed by atoms with Crippen molar-refractivity contribution in [2.24, 2.45) is 0 Å². The van der Waals surface area contributed by atoms with Crippen molar-refractivity contribution in [2.45, 2.75) is 20.3 Å². The predicted molar refractivity (Wildman–Crippen MR) is 94.6 cm³/mol. The highest BCUT2D eigenvalue weighted by Gasteiger charge is 2.09. The number of carbonyl (C=O) groups excluding carboxylic acids is 1. The van der Waals surface area contributed by atoms with Crippen LogP contribution in [0.4, 0.5) is 5.82 Å². The molecule has 6 nitrogen and oxygen atoms in total. The van der Waals surface area contributed by atoms with Crippen molar-refractivity contribution in [2.75, 3.05) is 31.6 Å². The molecule has 1 heterocycles. The van der Waals surface area contributed by atoms with Crippen molar-refractivity contribution in [3.63, 3.8) is 0 Å². The Balaban J connectivity index is 1.85. The molecule has 2 aromatic rings. The minimum atomic E-state index is -0.206. The van der Waals surface area contributed by atoms with E-state index in [0.717, 1.165) is 36.6 Å². The molecule has 0 aliphatic heterocycles. The zero-order valence-corrected chi connectivity index (χ0v) is 14.5. The molecule has 1 aromatic heterocycles. The minimum absolute atomic E-state index is 0.206. The van der Waals surface area contributed by atoms with Crippen molar-refractivity contribution in [1.82, 2.24) is 15.5 Å². The molecule has 1 amide bonds. The van der Waals surface area contributed by atoms with Crippen molar-refractivity contribution in [3.05, 3.63) is 47.7 Å². The number of methoxy groups -OCH3 is 1. The molecule has 1 N–H and O–H groups in total. The standard InChI is InChI=1S/C18H24N4O2/c1-4-22(5-2)17-11-10-16(20-21-17)18(23)19-13-12-14-6-8-15(24-3)9-7-14/h6-11H,4-5,12-13H2,1-3H3,(H,19,23). The number of nitrogens with zero attached hydrogens (tertiary/aromatic N) is 3. The smallest absolute Gasteiger partial charge is 0.271 e. The van der Waals surface area contributed by atoms with E-state index in [9.17, 15) is 4.79 Å². The Hall–Kier alpha value is -2.63. The Morgan fingerprint density at radius 2 is 1.79 bits per heavy atom. The number of rotatable bonds is 8. The van der Waals surface area contributed by atoms with Crippen molar-refractivity contribution in [1.29, 1.82) is 0 Å². The first-order valence-electron chi connectivity index (χ1n) is 8.17. The average molecular weight is 328 g/mol. The maximum Gasteiger partial charge on any atom is 0.271 e. The number of hydrogen-bond acceptors (Lipinski definition) is 5. The molecule has 0 fully saturated rings. The van der Waals surface area contributed by atoms with E-state index in [-0.39, 0.29) is 5.91 Å². The second kappa shape index (κ2) is 8.86. The third kappa shape index (κ3) is 4.68. The molecule has 0 unspecified atom stereocenters. The highest BCUT2D eigenvalue weighted by Crippen LogP contribution is 2.11. The molecule has 24 heavy (non-hydrogen) atoms. The fourth-order valence-electron chi connectivity index (χ4n) is 2.37. The monoisotopic (exact) mass is 328 g/mol. The molecule has 0 bridgehead atoms. The van der Waals surface area contributed by atoms with Crippen LogP contribution in [-0.4, -0.2) is 42.8 Å². The van der Waals surface area contributed by atoms with Gasteiger partial charge in [0.05, 0.1) is 7.11 Å². The molecule has 0 aliphatic rings. The Kier molecular flexibility index (Phi) is 6.54. The quantitative estimate of drug-likeness (QED) is 0.805. The summed E-state index contributed by atoms with van der Waals surface area (Å²) in [6, 6.07) is 11.3. The second-order valence-electron chi connectivity index (χ2n) is 5.30. The topological polar surface area (TPSA) is 67.4 Å². The molecular formula is C18H24N4O2. The largest absolute Gasteiger partial charge is 0.497 e. The molecule has 1 aromatic carbocycles. The third-order valence-corrected chi connectivity index (χ3v) is 3.83. The summed E-state index contributed by atoms with van der Waals surface area (Å²) in [6.07, 6.45) is 0.751. The van der Waals surface area contributed by atoms with Gasteiger partial charge in [-0.15, -0.1) is 10.2 Å². The van der Waals surface area contributed by atoms with Gasteiger partial charge in [0.15, 0.2) is 11.5 Å². The van der Waals surface area contributed by atoms with Crippen molar-refractivity contribution in [3.8, 4) is 5.75 Å². The van der Waals surface area contributed by atoms with Gasteiger partial charge in [-0.2, -0.15) is 0 Å². The number of nitrogens with one attached hydrogen (secondary N) is 1. The van der Waals surface area contributed by atoms with E-state index >= 15 is 0 Å². The number of carbonyl (C=O) groups is 1. The van der Waals surface area contributed by atoms with Gasteiger partial charge in [-0.25, -0.2) is 0 Å². The molecule has 0 spiro atoms. The fraction of sp³-hybridized carbons (Fsp3) is 0.389. The first-order chi connectivity index (χ1) is 11.7. The second-order valence-corrected chi connectivity index (χ2v) is 5.30. The maximum absolute atomic E-state index is 12.1. The van der Waals surface area contributed by atoms with Crippen LogP contribution in [0, 0.1) is 0 Å². The van der Waals surface area contributed by atoms with E-state index in [1.165, 1.54) is 0 Å². The van der Waals surface area contributed by atoms with Gasteiger partial charge in [0.25, 0.3) is 5.91 Å². The number of hydrogen-bond donors (Lipinski definition) is 1. The molecule has 6 heteroatoms. The van der Waals surface area contributed by atoms with Crippen LogP contribution in [0.25, 0.3) is 0 Å². The number of aromatic nitrogens is 2. The Morgan fingerprint density at radius 3 is 2.33 bits per heavy atom. The van der Waals surface area contributed by atoms with Crippen LogP contribution in [0.1, 0.15) is 29.9 Å². The molecule has 0 saturated heterocycles. The SMILES string of the molecule is CCN(CC)c1ccc(C(=O)NCCc2ccc(OC)cc2)nn1. The summed E-state index contributed by atoms with van der Waals surface area (Å²) in [5.74, 6) is 1.41. The number of ether oxygens (including phenoxy) is 1. The molecule has 0 aliphatic carbocycles. The Bertz CT molecular complexity index is 637. The lowest BCUT2D eigenvalue weighted by atomic mass is 10.1. The summed E-state index contributed by atoms with van der Waals surface area (Å²) < 4.78 is 5.12. The summed E-state index contributed by atoms with van der Waals surface area (Å²) in [4.78, 5) is 14.2. The summed E-state index contributed by atoms with van der Waals surface area (Å²) in [5, 5.41) is 11.0. The number of benzene rings is 1. The fourth-order valence-corrected chi connectivity index (χ4v) is 2.37. The average Bonchev–Trinajstić information content (AvgIpc) is 2.64. The highest BCUT2D eigenvalue weighted by molar-refractivity contribution is 5.92. The van der Waals surface area contributed by atoms with Crippen LogP contribution >= 0.6 is 0 Å². The predicted octanol–water partition coefficient (Wildman–Crippen LogP) is 2.30. The van der Waals surface area contributed by atoms with Crippen LogP contribution in [0.5, 0.6) is 5.75 Å². The lowest BCUT2D eigenvalue weighted by molar-refractivity contribution is 0.0948. The van der Waals surface area contributed by atoms with Gasteiger partial charge in [0.1, 0.15) is 5.75 Å². The van der Waals surface area contributed by atoms with E-state index < -0.39 is 0 Å². The van der Waals surface area contributed by atoms with E-state index in [0.29, 0.717) is 12.2 Å².